The number of nitrogens with zero attached hydrogens (tertiary/aromatic N) is 3. The molecule has 0 amide bonds. The third-order valence-corrected chi connectivity index (χ3v) is 4.57. The zero-order valence-electron chi connectivity index (χ0n) is 13.4. The number of hydrogen-bond acceptors (Lipinski definition) is 4. The van der Waals surface area contributed by atoms with Gasteiger partial charge in [-0.1, -0.05) is 29.3 Å². The van der Waals surface area contributed by atoms with E-state index in [1.165, 1.54) is 12.1 Å². The lowest BCUT2D eigenvalue weighted by Crippen LogP contribution is -2.09. The van der Waals surface area contributed by atoms with Gasteiger partial charge in [-0.3, -0.25) is 0 Å². The number of unbranched alkanes of at least 4 members (excludes halogenated alkanes) is 1. The van der Waals surface area contributed by atoms with Gasteiger partial charge in [0.2, 0.25) is 5.95 Å². The van der Waals surface area contributed by atoms with Gasteiger partial charge < -0.3 is 15.6 Å². The first-order valence-corrected chi connectivity index (χ1v) is 8.68. The van der Waals surface area contributed by atoms with Crippen molar-refractivity contribution >= 4 is 38.7 Å². The maximum Gasteiger partial charge on any atom is 0.222 e. The summed E-state index contributed by atoms with van der Waals surface area (Å²) in [5.41, 5.74) is 8.30. The summed E-state index contributed by atoms with van der Waals surface area (Å²) in [6.45, 7) is 3.46. The number of anilines is 2. The van der Waals surface area contributed by atoms with E-state index in [2.05, 4.69) is 38.1 Å². The lowest BCUT2D eigenvalue weighted by molar-refractivity contribution is 0.623. The molecule has 7 heteroatoms. The van der Waals surface area contributed by atoms with Crippen LogP contribution in [0, 0.1) is 5.82 Å². The van der Waals surface area contributed by atoms with E-state index < -0.39 is 0 Å². The Kier molecular flexibility index (Phi) is 4.99. The quantitative estimate of drug-likeness (QED) is 0.618. The first kappa shape index (κ1) is 16.7. The Morgan fingerprint density at radius 3 is 2.92 bits per heavy atom. The van der Waals surface area contributed by atoms with Gasteiger partial charge in [0, 0.05) is 23.8 Å². The van der Waals surface area contributed by atoms with Crippen molar-refractivity contribution in [3.63, 3.8) is 0 Å². The van der Waals surface area contributed by atoms with Crippen molar-refractivity contribution < 1.29 is 4.39 Å². The molecule has 0 aliphatic rings. The molecule has 5 nitrogen and oxygen atoms in total. The zero-order valence-corrected chi connectivity index (χ0v) is 15.0. The molecular formula is C17H19BrFN5. The number of hydrogen-bond donors (Lipinski definition) is 2. The van der Waals surface area contributed by atoms with Crippen molar-refractivity contribution in [3.05, 3.63) is 46.3 Å². The highest BCUT2D eigenvalue weighted by atomic mass is 79.9. The van der Waals surface area contributed by atoms with E-state index in [0.29, 0.717) is 12.4 Å². The molecule has 0 aliphatic heterocycles. The molecule has 2 aromatic heterocycles. The third-order valence-electron chi connectivity index (χ3n) is 3.80. The van der Waals surface area contributed by atoms with Crippen LogP contribution in [0.15, 0.2) is 34.9 Å². The second-order valence-electron chi connectivity index (χ2n) is 5.62. The SMILES string of the molecule is CCCCNc1nc(N)nc2ccn(Cc3cc(F)ccc3Br)c12. The number of nitrogens with two attached hydrogens (primary N) is 1. The molecule has 3 aromatic rings. The van der Waals surface area contributed by atoms with Crippen molar-refractivity contribution in [1.82, 2.24) is 14.5 Å². The highest BCUT2D eigenvalue weighted by molar-refractivity contribution is 9.10. The smallest absolute Gasteiger partial charge is 0.222 e. The molecule has 0 fully saturated rings. The van der Waals surface area contributed by atoms with Gasteiger partial charge in [0.05, 0.1) is 5.52 Å². The highest BCUT2D eigenvalue weighted by Crippen LogP contribution is 2.26. The van der Waals surface area contributed by atoms with Crippen LogP contribution in [-0.4, -0.2) is 21.1 Å². The molecule has 0 aliphatic carbocycles. The minimum absolute atomic E-state index is 0.242. The molecule has 0 spiro atoms. The summed E-state index contributed by atoms with van der Waals surface area (Å²) in [7, 11) is 0. The molecule has 0 radical (unpaired) electrons. The maximum absolute atomic E-state index is 13.5. The summed E-state index contributed by atoms with van der Waals surface area (Å²) in [5.74, 6) is 0.695. The topological polar surface area (TPSA) is 68.8 Å². The maximum atomic E-state index is 13.5. The molecule has 1 aromatic carbocycles. The Bertz CT molecular complexity index is 862. The van der Waals surface area contributed by atoms with E-state index in [-0.39, 0.29) is 11.8 Å². The predicted octanol–water partition coefficient (Wildman–Crippen LogP) is 4.18. The lowest BCUT2D eigenvalue weighted by Gasteiger charge is -2.12. The van der Waals surface area contributed by atoms with Gasteiger partial charge in [-0.15, -0.1) is 0 Å². The van der Waals surface area contributed by atoms with E-state index in [0.717, 1.165) is 40.5 Å². The molecule has 0 saturated heterocycles. The Morgan fingerprint density at radius 1 is 1.29 bits per heavy atom. The molecule has 0 unspecified atom stereocenters. The molecule has 0 atom stereocenters. The molecule has 3 N–H and O–H groups in total. The van der Waals surface area contributed by atoms with E-state index in [1.807, 2.05) is 16.8 Å². The predicted molar refractivity (Wildman–Crippen MR) is 98.5 cm³/mol. The van der Waals surface area contributed by atoms with Crippen LogP contribution in [0.2, 0.25) is 0 Å². The lowest BCUT2D eigenvalue weighted by atomic mass is 10.2. The fourth-order valence-corrected chi connectivity index (χ4v) is 2.98. The summed E-state index contributed by atoms with van der Waals surface area (Å²) in [6.07, 6.45) is 4.05. The number of aromatic nitrogens is 3. The van der Waals surface area contributed by atoms with E-state index in [4.69, 9.17) is 5.73 Å². The van der Waals surface area contributed by atoms with Crippen LogP contribution >= 0.6 is 15.9 Å². The fourth-order valence-electron chi connectivity index (χ4n) is 2.61. The third kappa shape index (κ3) is 3.51. The van der Waals surface area contributed by atoms with E-state index in [1.54, 1.807) is 6.07 Å². The first-order valence-electron chi connectivity index (χ1n) is 7.88. The van der Waals surface area contributed by atoms with Gasteiger partial charge in [-0.05, 0) is 36.2 Å². The minimum Gasteiger partial charge on any atom is -0.368 e. The highest BCUT2D eigenvalue weighted by Gasteiger charge is 2.12. The van der Waals surface area contributed by atoms with Gasteiger partial charge in [-0.2, -0.15) is 4.98 Å². The largest absolute Gasteiger partial charge is 0.368 e. The molecular weight excluding hydrogens is 373 g/mol. The second-order valence-corrected chi connectivity index (χ2v) is 6.48. The van der Waals surface area contributed by atoms with Gasteiger partial charge in [0.15, 0.2) is 5.82 Å². The number of nitrogen functional groups attached to an aromatic ring is 1. The summed E-state index contributed by atoms with van der Waals surface area (Å²) in [5, 5.41) is 3.33. The number of halogens is 2. The number of rotatable bonds is 6. The number of fused-ring (bicyclic) bond motifs is 1. The van der Waals surface area contributed by atoms with E-state index in [9.17, 15) is 4.39 Å². The Labute approximate surface area is 148 Å². The summed E-state index contributed by atoms with van der Waals surface area (Å²) in [4.78, 5) is 8.62. The molecule has 126 valence electrons. The normalized spacial score (nSPS) is 11.1. The van der Waals surface area contributed by atoms with Crippen LogP contribution in [0.5, 0.6) is 0 Å². The van der Waals surface area contributed by atoms with Gasteiger partial charge in [0.25, 0.3) is 0 Å². The average Bonchev–Trinajstić information content (AvgIpc) is 2.94. The second kappa shape index (κ2) is 7.17. The first-order chi connectivity index (χ1) is 11.6. The summed E-state index contributed by atoms with van der Waals surface area (Å²) in [6, 6.07) is 6.57. The Hall–Kier alpha value is -2.15. The number of benzene rings is 1. The zero-order chi connectivity index (χ0) is 17.1. The Balaban J connectivity index is 2.00. The molecule has 24 heavy (non-hydrogen) atoms. The van der Waals surface area contributed by atoms with Crippen LogP contribution in [0.25, 0.3) is 11.0 Å². The molecule has 2 heterocycles. The average molecular weight is 392 g/mol. The van der Waals surface area contributed by atoms with E-state index >= 15 is 0 Å². The van der Waals surface area contributed by atoms with Crippen molar-refractivity contribution in [2.45, 2.75) is 26.3 Å². The van der Waals surface area contributed by atoms with Crippen LogP contribution < -0.4 is 11.1 Å². The van der Waals surface area contributed by atoms with Crippen molar-refractivity contribution in [3.8, 4) is 0 Å². The standard InChI is InChI=1S/C17H19BrFN5/c1-2-3-7-21-16-15-14(22-17(20)23-16)6-8-24(15)10-11-9-12(19)4-5-13(11)18/h4-6,8-9H,2-3,7,10H2,1H3,(H3,20,21,22,23). The van der Waals surface area contributed by atoms with Crippen molar-refractivity contribution in [1.29, 1.82) is 0 Å². The molecule has 3 rings (SSSR count). The van der Waals surface area contributed by atoms with Gasteiger partial charge in [0.1, 0.15) is 11.3 Å². The van der Waals surface area contributed by atoms with Gasteiger partial charge in [-0.25, -0.2) is 9.37 Å². The Morgan fingerprint density at radius 2 is 2.12 bits per heavy atom. The fraction of sp³-hybridized carbons (Fsp3) is 0.294. The summed E-state index contributed by atoms with van der Waals surface area (Å²) < 4.78 is 16.4. The van der Waals surface area contributed by atoms with Crippen LogP contribution in [-0.2, 0) is 6.54 Å². The number of nitrogens with one attached hydrogen (secondary N) is 1. The van der Waals surface area contributed by atoms with Crippen LogP contribution in [0.1, 0.15) is 25.3 Å². The summed E-state index contributed by atoms with van der Waals surface area (Å²) >= 11 is 3.47. The van der Waals surface area contributed by atoms with Crippen molar-refractivity contribution in [2.24, 2.45) is 0 Å². The van der Waals surface area contributed by atoms with Crippen molar-refractivity contribution in [2.75, 3.05) is 17.6 Å². The van der Waals surface area contributed by atoms with Crippen LogP contribution in [0.4, 0.5) is 16.2 Å². The van der Waals surface area contributed by atoms with Gasteiger partial charge >= 0.3 is 0 Å². The molecule has 0 bridgehead atoms. The van der Waals surface area contributed by atoms with Crippen LogP contribution in [0.3, 0.4) is 0 Å². The minimum atomic E-state index is -0.258. The monoisotopic (exact) mass is 391 g/mol. The molecule has 0 saturated carbocycles.